The molecular formula is C19H21N3O4S. The standard InChI is InChI=1S/C18H19N3O2S.CH2O2/c1-12-7-16(13-10-19-24-11-13)20-18-15(12)8-14(9-17(18)22-2)21-3-5-23-6-4-21;2-1-3/h7-11H,3-6H2,1-2H3;1H,(H,2,3). The first-order valence-corrected chi connectivity index (χ1v) is 9.31. The SMILES string of the molecule is COc1cc(N2CCOCC2)cc2c(C)cc(-c3cnsc3)nc12.O=CO. The smallest absolute Gasteiger partial charge is 0.290 e. The lowest BCUT2D eigenvalue weighted by Gasteiger charge is -2.29. The molecule has 2 aromatic heterocycles. The minimum Gasteiger partial charge on any atom is -0.494 e. The zero-order valence-corrected chi connectivity index (χ0v) is 16.0. The van der Waals surface area contributed by atoms with Gasteiger partial charge in [0.15, 0.2) is 0 Å². The van der Waals surface area contributed by atoms with E-state index in [-0.39, 0.29) is 6.47 Å². The number of hydrogen-bond acceptors (Lipinski definition) is 7. The Morgan fingerprint density at radius 2 is 2.04 bits per heavy atom. The van der Waals surface area contributed by atoms with E-state index in [4.69, 9.17) is 24.4 Å². The molecule has 0 unspecified atom stereocenters. The summed E-state index contributed by atoms with van der Waals surface area (Å²) in [6, 6.07) is 6.41. The Labute approximate surface area is 161 Å². The fourth-order valence-corrected chi connectivity index (χ4v) is 3.61. The molecule has 0 bridgehead atoms. The topological polar surface area (TPSA) is 84.8 Å². The average molecular weight is 387 g/mol. The van der Waals surface area contributed by atoms with E-state index in [1.54, 1.807) is 7.11 Å². The van der Waals surface area contributed by atoms with Crippen LogP contribution in [0.1, 0.15) is 5.56 Å². The Balaban J connectivity index is 0.000000659. The summed E-state index contributed by atoms with van der Waals surface area (Å²) >= 11 is 1.44. The second-order valence-electron chi connectivity index (χ2n) is 5.99. The quantitative estimate of drug-likeness (QED) is 0.691. The number of carbonyl (C=O) groups is 1. The first-order valence-electron chi connectivity index (χ1n) is 8.47. The zero-order chi connectivity index (χ0) is 19.2. The van der Waals surface area contributed by atoms with Gasteiger partial charge in [0.1, 0.15) is 11.3 Å². The molecule has 0 aliphatic carbocycles. The van der Waals surface area contributed by atoms with Gasteiger partial charge in [-0.15, -0.1) is 0 Å². The lowest BCUT2D eigenvalue weighted by molar-refractivity contribution is -0.122. The van der Waals surface area contributed by atoms with Crippen molar-refractivity contribution >= 4 is 34.6 Å². The van der Waals surface area contributed by atoms with Crippen LogP contribution in [-0.4, -0.2) is 54.3 Å². The van der Waals surface area contributed by atoms with E-state index < -0.39 is 0 Å². The Morgan fingerprint density at radius 1 is 1.30 bits per heavy atom. The number of fused-ring (bicyclic) bond motifs is 1. The maximum Gasteiger partial charge on any atom is 0.290 e. The molecule has 1 fully saturated rings. The number of morpholine rings is 1. The number of anilines is 1. The van der Waals surface area contributed by atoms with E-state index in [9.17, 15) is 0 Å². The van der Waals surface area contributed by atoms with Gasteiger partial charge in [0, 0.05) is 41.2 Å². The van der Waals surface area contributed by atoms with Crippen LogP contribution in [0.3, 0.4) is 0 Å². The molecule has 7 nitrogen and oxygen atoms in total. The molecule has 3 aromatic rings. The molecule has 1 saturated heterocycles. The van der Waals surface area contributed by atoms with Crippen molar-refractivity contribution < 1.29 is 19.4 Å². The third-order valence-electron chi connectivity index (χ3n) is 4.39. The first-order chi connectivity index (χ1) is 13.2. The fraction of sp³-hybridized carbons (Fsp3) is 0.316. The van der Waals surface area contributed by atoms with Crippen molar-refractivity contribution in [2.24, 2.45) is 0 Å². The van der Waals surface area contributed by atoms with Crippen LogP contribution in [0.25, 0.3) is 22.2 Å². The lowest BCUT2D eigenvalue weighted by Crippen LogP contribution is -2.36. The Hall–Kier alpha value is -2.71. The minimum atomic E-state index is -0.250. The van der Waals surface area contributed by atoms with Crippen LogP contribution in [0, 0.1) is 6.92 Å². The summed E-state index contributed by atoms with van der Waals surface area (Å²) in [5.74, 6) is 0.808. The molecule has 0 amide bonds. The predicted octanol–water partition coefficient (Wildman–Crippen LogP) is 3.21. The lowest BCUT2D eigenvalue weighted by atomic mass is 10.0. The molecule has 142 valence electrons. The largest absolute Gasteiger partial charge is 0.494 e. The maximum atomic E-state index is 8.36. The van der Waals surface area contributed by atoms with Gasteiger partial charge in [-0.2, -0.15) is 0 Å². The summed E-state index contributed by atoms with van der Waals surface area (Å²) in [6.07, 6.45) is 1.85. The van der Waals surface area contributed by atoms with Crippen molar-refractivity contribution in [3.8, 4) is 17.0 Å². The summed E-state index contributed by atoms with van der Waals surface area (Å²) in [6.45, 7) is 5.21. The number of aryl methyl sites for hydroxylation is 1. The van der Waals surface area contributed by atoms with E-state index in [1.807, 2.05) is 11.6 Å². The molecule has 1 aliphatic heterocycles. The number of methoxy groups -OCH3 is 1. The van der Waals surface area contributed by atoms with Gasteiger partial charge in [0.2, 0.25) is 0 Å². The number of hydrogen-bond donors (Lipinski definition) is 1. The van der Waals surface area contributed by atoms with Crippen molar-refractivity contribution in [1.29, 1.82) is 0 Å². The predicted molar refractivity (Wildman–Crippen MR) is 106 cm³/mol. The summed E-state index contributed by atoms with van der Waals surface area (Å²) < 4.78 is 15.3. The molecule has 1 N–H and O–H groups in total. The minimum absolute atomic E-state index is 0.250. The highest BCUT2D eigenvalue weighted by Crippen LogP contribution is 2.34. The third-order valence-corrected chi connectivity index (χ3v) is 4.98. The molecule has 0 spiro atoms. The normalized spacial score (nSPS) is 13.8. The second-order valence-corrected chi connectivity index (χ2v) is 6.64. The molecule has 3 heterocycles. The summed E-state index contributed by atoms with van der Waals surface area (Å²) in [4.78, 5) is 15.5. The van der Waals surface area contributed by atoms with Crippen LogP contribution >= 0.6 is 11.5 Å². The van der Waals surface area contributed by atoms with Gasteiger partial charge in [0.25, 0.3) is 6.47 Å². The molecule has 0 saturated carbocycles. The number of aromatic nitrogens is 2. The Kier molecular flexibility index (Phi) is 6.20. The highest BCUT2D eigenvalue weighted by Gasteiger charge is 2.16. The molecule has 1 aliphatic rings. The van der Waals surface area contributed by atoms with Gasteiger partial charge in [-0.1, -0.05) is 0 Å². The van der Waals surface area contributed by atoms with E-state index in [0.29, 0.717) is 0 Å². The summed E-state index contributed by atoms with van der Waals surface area (Å²) in [5, 5.41) is 10.0. The summed E-state index contributed by atoms with van der Waals surface area (Å²) in [7, 11) is 1.70. The molecule has 0 radical (unpaired) electrons. The van der Waals surface area contributed by atoms with Crippen molar-refractivity contribution in [3.63, 3.8) is 0 Å². The van der Waals surface area contributed by atoms with Crippen LogP contribution < -0.4 is 9.64 Å². The molecule has 27 heavy (non-hydrogen) atoms. The van der Waals surface area contributed by atoms with Gasteiger partial charge < -0.3 is 19.5 Å². The molecular weight excluding hydrogens is 366 g/mol. The van der Waals surface area contributed by atoms with Gasteiger partial charge in [0.05, 0.1) is 32.2 Å². The van der Waals surface area contributed by atoms with Crippen molar-refractivity contribution in [1.82, 2.24) is 9.36 Å². The van der Waals surface area contributed by atoms with Gasteiger partial charge in [-0.3, -0.25) is 4.79 Å². The number of carboxylic acid groups (broad SMARTS) is 1. The number of ether oxygens (including phenoxy) is 2. The van der Waals surface area contributed by atoms with Gasteiger partial charge in [-0.05, 0) is 36.2 Å². The molecule has 8 heteroatoms. The number of rotatable bonds is 3. The van der Waals surface area contributed by atoms with E-state index >= 15 is 0 Å². The molecule has 4 rings (SSSR count). The van der Waals surface area contributed by atoms with Gasteiger partial charge >= 0.3 is 0 Å². The van der Waals surface area contributed by atoms with Crippen molar-refractivity contribution in [2.75, 3.05) is 38.3 Å². The van der Waals surface area contributed by atoms with Crippen LogP contribution in [0.2, 0.25) is 0 Å². The third kappa shape index (κ3) is 4.17. The average Bonchev–Trinajstić information content (AvgIpc) is 3.23. The van der Waals surface area contributed by atoms with E-state index in [1.165, 1.54) is 17.1 Å². The van der Waals surface area contributed by atoms with Gasteiger partial charge in [-0.25, -0.2) is 9.36 Å². The number of pyridine rings is 1. The van der Waals surface area contributed by atoms with Crippen LogP contribution in [0.4, 0.5) is 5.69 Å². The zero-order valence-electron chi connectivity index (χ0n) is 15.2. The van der Waals surface area contributed by atoms with E-state index in [2.05, 4.69) is 34.4 Å². The molecule has 0 atom stereocenters. The maximum absolute atomic E-state index is 8.36. The Bertz CT molecular complexity index is 909. The molecule has 1 aromatic carbocycles. The number of benzene rings is 1. The van der Waals surface area contributed by atoms with Crippen LogP contribution in [0.5, 0.6) is 5.75 Å². The van der Waals surface area contributed by atoms with E-state index in [0.717, 1.165) is 59.9 Å². The van der Waals surface area contributed by atoms with Crippen molar-refractivity contribution in [3.05, 3.63) is 35.3 Å². The first kappa shape index (κ1) is 19.1. The number of nitrogens with zero attached hydrogens (tertiary/aromatic N) is 3. The fourth-order valence-electron chi connectivity index (χ4n) is 3.08. The highest BCUT2D eigenvalue weighted by molar-refractivity contribution is 7.03. The Morgan fingerprint density at radius 3 is 2.67 bits per heavy atom. The van der Waals surface area contributed by atoms with Crippen LogP contribution in [-0.2, 0) is 9.53 Å². The highest BCUT2D eigenvalue weighted by atomic mass is 32.1. The second kappa shape index (κ2) is 8.79. The van der Waals surface area contributed by atoms with Crippen LogP contribution in [0.15, 0.2) is 29.8 Å². The van der Waals surface area contributed by atoms with Crippen molar-refractivity contribution in [2.45, 2.75) is 6.92 Å². The monoisotopic (exact) mass is 387 g/mol. The summed E-state index contributed by atoms with van der Waals surface area (Å²) in [5.41, 5.74) is 5.23.